The smallest absolute Gasteiger partial charge is 0.146 e. The van der Waals surface area contributed by atoms with Crippen molar-refractivity contribution in [2.45, 2.75) is 26.1 Å². The standard InChI is InChI=1S/C13H18IN3O/c1-9(2)17-12(4-5-15-17)11-8-16(3)13(18)6-10(11)7-14/h4-6,8-9,13,18H,7H2,1-3H3. The van der Waals surface area contributed by atoms with Crippen molar-refractivity contribution in [3.63, 3.8) is 0 Å². The largest absolute Gasteiger partial charge is 0.370 e. The summed E-state index contributed by atoms with van der Waals surface area (Å²) in [7, 11) is 1.88. The van der Waals surface area contributed by atoms with Gasteiger partial charge in [0, 0.05) is 35.5 Å². The quantitative estimate of drug-likeness (QED) is 0.666. The lowest BCUT2D eigenvalue weighted by molar-refractivity contribution is 0.0971. The number of likely N-dealkylation sites (N-methyl/N-ethyl adjacent to an activating group) is 1. The first-order valence-corrected chi connectivity index (χ1v) is 7.50. The van der Waals surface area contributed by atoms with Crippen LogP contribution in [-0.4, -0.2) is 37.5 Å². The zero-order valence-corrected chi connectivity index (χ0v) is 13.0. The van der Waals surface area contributed by atoms with Crippen molar-refractivity contribution in [2.24, 2.45) is 0 Å². The molecule has 1 aliphatic rings. The Morgan fingerprint density at radius 2 is 2.22 bits per heavy atom. The molecule has 1 atom stereocenters. The van der Waals surface area contributed by atoms with Crippen LogP contribution in [0.15, 0.2) is 30.1 Å². The molecule has 0 spiro atoms. The molecule has 1 aromatic rings. The first-order valence-electron chi connectivity index (χ1n) is 5.97. The summed E-state index contributed by atoms with van der Waals surface area (Å²) in [6.07, 6.45) is 5.19. The fourth-order valence-corrected chi connectivity index (χ4v) is 2.70. The third-order valence-electron chi connectivity index (χ3n) is 3.03. The molecule has 0 aromatic carbocycles. The van der Waals surface area contributed by atoms with Crippen molar-refractivity contribution >= 4 is 28.2 Å². The molecule has 0 aliphatic carbocycles. The Balaban J connectivity index is 2.45. The van der Waals surface area contributed by atoms with E-state index in [1.807, 2.05) is 41.2 Å². The Morgan fingerprint density at radius 1 is 1.50 bits per heavy atom. The molecule has 5 heteroatoms. The third kappa shape index (κ3) is 2.47. The highest BCUT2D eigenvalue weighted by molar-refractivity contribution is 14.1. The summed E-state index contributed by atoms with van der Waals surface area (Å²) in [5, 5.41) is 14.2. The molecule has 0 saturated heterocycles. The van der Waals surface area contributed by atoms with Crippen LogP contribution in [-0.2, 0) is 0 Å². The minimum absolute atomic E-state index is 0.323. The minimum Gasteiger partial charge on any atom is -0.370 e. The lowest BCUT2D eigenvalue weighted by Gasteiger charge is -2.28. The monoisotopic (exact) mass is 359 g/mol. The van der Waals surface area contributed by atoms with E-state index in [2.05, 4.69) is 41.5 Å². The molecule has 1 aliphatic heterocycles. The molecular weight excluding hydrogens is 341 g/mol. The summed E-state index contributed by atoms with van der Waals surface area (Å²) >= 11 is 2.32. The van der Waals surface area contributed by atoms with Gasteiger partial charge in [-0.25, -0.2) is 0 Å². The van der Waals surface area contributed by atoms with Crippen LogP contribution in [0, 0.1) is 0 Å². The number of aliphatic hydroxyl groups excluding tert-OH is 1. The molecule has 0 saturated carbocycles. The van der Waals surface area contributed by atoms with Gasteiger partial charge in [-0.1, -0.05) is 22.6 Å². The van der Waals surface area contributed by atoms with Crippen molar-refractivity contribution in [3.05, 3.63) is 35.8 Å². The van der Waals surface area contributed by atoms with Crippen molar-refractivity contribution in [3.8, 4) is 0 Å². The van der Waals surface area contributed by atoms with Crippen LogP contribution in [0.2, 0.25) is 0 Å². The van der Waals surface area contributed by atoms with Crippen LogP contribution in [0.25, 0.3) is 5.57 Å². The number of allylic oxidation sites excluding steroid dienone is 2. The van der Waals surface area contributed by atoms with Gasteiger partial charge in [0.2, 0.25) is 0 Å². The van der Waals surface area contributed by atoms with Crippen molar-refractivity contribution < 1.29 is 5.11 Å². The minimum atomic E-state index is -0.533. The Labute approximate surface area is 121 Å². The van der Waals surface area contributed by atoms with Gasteiger partial charge in [-0.2, -0.15) is 5.10 Å². The van der Waals surface area contributed by atoms with Gasteiger partial charge in [-0.15, -0.1) is 0 Å². The van der Waals surface area contributed by atoms with E-state index in [0.717, 1.165) is 21.3 Å². The van der Waals surface area contributed by atoms with E-state index >= 15 is 0 Å². The highest BCUT2D eigenvalue weighted by atomic mass is 127. The number of aromatic nitrogens is 2. The lowest BCUT2D eigenvalue weighted by atomic mass is 10.0. The zero-order valence-electron chi connectivity index (χ0n) is 10.8. The summed E-state index contributed by atoms with van der Waals surface area (Å²) < 4.78 is 2.88. The number of nitrogens with zero attached hydrogens (tertiary/aromatic N) is 3. The van der Waals surface area contributed by atoms with Crippen LogP contribution in [0.4, 0.5) is 0 Å². The average molecular weight is 359 g/mol. The predicted molar refractivity (Wildman–Crippen MR) is 81.3 cm³/mol. The molecule has 4 nitrogen and oxygen atoms in total. The van der Waals surface area contributed by atoms with E-state index in [1.54, 1.807) is 0 Å². The molecule has 2 heterocycles. The number of alkyl halides is 1. The summed E-state index contributed by atoms with van der Waals surface area (Å²) in [6.45, 7) is 4.23. The maximum Gasteiger partial charge on any atom is 0.146 e. The van der Waals surface area contributed by atoms with Crippen molar-refractivity contribution in [1.29, 1.82) is 0 Å². The number of aliphatic hydroxyl groups is 1. The molecule has 18 heavy (non-hydrogen) atoms. The molecule has 2 rings (SSSR count). The molecule has 1 aromatic heterocycles. The molecule has 0 radical (unpaired) electrons. The maximum absolute atomic E-state index is 9.85. The first-order chi connectivity index (χ1) is 8.54. The highest BCUT2D eigenvalue weighted by Gasteiger charge is 2.21. The number of rotatable bonds is 3. The number of hydrogen-bond acceptors (Lipinski definition) is 3. The van der Waals surface area contributed by atoms with Gasteiger partial charge in [-0.3, -0.25) is 4.68 Å². The van der Waals surface area contributed by atoms with Gasteiger partial charge < -0.3 is 10.0 Å². The van der Waals surface area contributed by atoms with Crippen LogP contribution in [0.5, 0.6) is 0 Å². The topological polar surface area (TPSA) is 41.3 Å². The van der Waals surface area contributed by atoms with Gasteiger partial charge >= 0.3 is 0 Å². The summed E-state index contributed by atoms with van der Waals surface area (Å²) in [5.41, 5.74) is 3.40. The molecule has 0 fully saturated rings. The van der Waals surface area contributed by atoms with E-state index in [1.165, 1.54) is 0 Å². The van der Waals surface area contributed by atoms with Gasteiger partial charge in [0.15, 0.2) is 0 Å². The van der Waals surface area contributed by atoms with Gasteiger partial charge in [0.25, 0.3) is 0 Å². The van der Waals surface area contributed by atoms with Crippen molar-refractivity contribution in [1.82, 2.24) is 14.7 Å². The normalized spacial score (nSPS) is 20.1. The molecule has 0 amide bonds. The SMILES string of the molecule is CC(C)n1nccc1C1=CN(C)C(O)C=C1CI. The highest BCUT2D eigenvalue weighted by Crippen LogP contribution is 2.30. The third-order valence-corrected chi connectivity index (χ3v) is 3.85. The Hall–Kier alpha value is -0.820. The second-order valence-electron chi connectivity index (χ2n) is 4.70. The van der Waals surface area contributed by atoms with E-state index < -0.39 is 6.23 Å². The molecule has 98 valence electrons. The van der Waals surface area contributed by atoms with Crippen LogP contribution < -0.4 is 0 Å². The summed E-state index contributed by atoms with van der Waals surface area (Å²) in [5.74, 6) is 0. The van der Waals surface area contributed by atoms with Crippen LogP contribution in [0.3, 0.4) is 0 Å². The van der Waals surface area contributed by atoms with Gasteiger partial charge in [0.1, 0.15) is 6.23 Å². The summed E-state index contributed by atoms with van der Waals surface area (Å²) in [4.78, 5) is 1.81. The van der Waals surface area contributed by atoms with E-state index in [0.29, 0.717) is 6.04 Å². The Bertz CT molecular complexity index is 490. The fourth-order valence-electron chi connectivity index (χ4n) is 2.04. The average Bonchev–Trinajstić information content (AvgIpc) is 2.81. The molecule has 1 N–H and O–H groups in total. The Morgan fingerprint density at radius 3 is 2.83 bits per heavy atom. The zero-order chi connectivity index (χ0) is 13.3. The Kier molecular flexibility index (Phi) is 4.11. The molecular formula is C13H18IN3O. The van der Waals surface area contributed by atoms with E-state index in [9.17, 15) is 5.11 Å². The number of hydrogen-bond donors (Lipinski definition) is 1. The predicted octanol–water partition coefficient (Wildman–Crippen LogP) is 2.43. The lowest BCUT2D eigenvalue weighted by Crippen LogP contribution is -2.29. The second kappa shape index (κ2) is 5.44. The molecule has 1 unspecified atom stereocenters. The van der Waals surface area contributed by atoms with Gasteiger partial charge in [-0.05, 0) is 31.6 Å². The van der Waals surface area contributed by atoms with E-state index in [4.69, 9.17) is 0 Å². The fraction of sp³-hybridized carbons (Fsp3) is 0.462. The molecule has 0 bridgehead atoms. The van der Waals surface area contributed by atoms with Crippen LogP contribution in [0.1, 0.15) is 25.6 Å². The second-order valence-corrected chi connectivity index (χ2v) is 5.46. The first kappa shape index (κ1) is 13.6. The van der Waals surface area contributed by atoms with Crippen LogP contribution >= 0.6 is 22.6 Å². The van der Waals surface area contributed by atoms with Gasteiger partial charge in [0.05, 0.1) is 5.69 Å². The summed E-state index contributed by atoms with van der Waals surface area (Å²) in [6, 6.07) is 2.35. The van der Waals surface area contributed by atoms with Crippen molar-refractivity contribution in [2.75, 3.05) is 11.5 Å². The number of halogens is 1. The van der Waals surface area contributed by atoms with E-state index in [-0.39, 0.29) is 0 Å². The maximum atomic E-state index is 9.85.